The normalized spacial score (nSPS) is 10.8. The second-order valence-electron chi connectivity index (χ2n) is 5.92. The first kappa shape index (κ1) is 21.0. The number of carbonyl (C=O) groups excluding carboxylic acids is 2. The van der Waals surface area contributed by atoms with Crippen molar-refractivity contribution < 1.29 is 27.5 Å². The predicted molar refractivity (Wildman–Crippen MR) is 102 cm³/mol. The lowest BCUT2D eigenvalue weighted by Crippen LogP contribution is -2.15. The minimum Gasteiger partial charge on any atom is -0.457 e. The van der Waals surface area contributed by atoms with Crippen molar-refractivity contribution in [1.29, 1.82) is 0 Å². The SMILES string of the molecule is O=C(CCc1ncc(-c2c(F)cccc2F)o1)OCC(=O)c1ccc(Cl)cc1Cl. The zero-order chi connectivity index (χ0) is 21.0. The Balaban J connectivity index is 1.54. The molecule has 9 heteroatoms. The van der Waals surface area contributed by atoms with Crippen molar-refractivity contribution in [2.24, 2.45) is 0 Å². The van der Waals surface area contributed by atoms with E-state index < -0.39 is 30.0 Å². The molecular formula is C20H13Cl2F2NO4. The van der Waals surface area contributed by atoms with Crippen LogP contribution in [0.15, 0.2) is 47.0 Å². The standard InChI is InChI=1S/C20H13Cl2F2NO4/c21-11-4-5-12(13(22)8-11)16(26)10-28-19(27)7-6-18-25-9-17(29-18)20-14(23)2-1-3-15(20)24/h1-5,8-9H,6-7,10H2. The van der Waals surface area contributed by atoms with E-state index in [0.717, 1.165) is 12.1 Å². The van der Waals surface area contributed by atoms with Gasteiger partial charge in [0.1, 0.15) is 11.6 Å². The summed E-state index contributed by atoms with van der Waals surface area (Å²) in [5.74, 6) is -2.70. The van der Waals surface area contributed by atoms with Gasteiger partial charge in [-0.1, -0.05) is 29.3 Å². The Hall–Kier alpha value is -2.77. The third-order valence-electron chi connectivity index (χ3n) is 3.90. The van der Waals surface area contributed by atoms with E-state index in [1.54, 1.807) is 0 Å². The van der Waals surface area contributed by atoms with Crippen molar-refractivity contribution in [3.05, 3.63) is 75.7 Å². The lowest BCUT2D eigenvalue weighted by molar-refractivity contribution is -0.142. The number of halogens is 4. The summed E-state index contributed by atoms with van der Waals surface area (Å²) in [6.07, 6.45) is 1.07. The van der Waals surface area contributed by atoms with Crippen molar-refractivity contribution in [2.75, 3.05) is 6.61 Å². The van der Waals surface area contributed by atoms with Crippen LogP contribution < -0.4 is 0 Å². The van der Waals surface area contributed by atoms with Gasteiger partial charge in [-0.3, -0.25) is 9.59 Å². The highest BCUT2D eigenvalue weighted by molar-refractivity contribution is 6.36. The lowest BCUT2D eigenvalue weighted by Gasteiger charge is -2.05. The van der Waals surface area contributed by atoms with Crippen LogP contribution in [-0.2, 0) is 16.0 Å². The smallest absolute Gasteiger partial charge is 0.306 e. The van der Waals surface area contributed by atoms with Gasteiger partial charge in [-0.05, 0) is 30.3 Å². The van der Waals surface area contributed by atoms with Crippen molar-refractivity contribution >= 4 is 35.0 Å². The Labute approximate surface area is 174 Å². The average molecular weight is 440 g/mol. The van der Waals surface area contributed by atoms with Gasteiger partial charge in [0.2, 0.25) is 5.78 Å². The molecule has 1 aromatic heterocycles. The van der Waals surface area contributed by atoms with Gasteiger partial charge in [-0.25, -0.2) is 13.8 Å². The van der Waals surface area contributed by atoms with Gasteiger partial charge in [-0.15, -0.1) is 0 Å². The van der Waals surface area contributed by atoms with E-state index in [1.807, 2.05) is 0 Å². The third kappa shape index (κ3) is 5.19. The number of hydrogen-bond donors (Lipinski definition) is 0. The first-order valence-electron chi connectivity index (χ1n) is 8.38. The van der Waals surface area contributed by atoms with Crippen LogP contribution in [0.4, 0.5) is 8.78 Å². The van der Waals surface area contributed by atoms with Crippen LogP contribution in [0.2, 0.25) is 10.0 Å². The molecule has 29 heavy (non-hydrogen) atoms. The second kappa shape index (κ2) is 9.15. The summed E-state index contributed by atoms with van der Waals surface area (Å²) in [6, 6.07) is 7.79. The maximum atomic E-state index is 13.8. The summed E-state index contributed by atoms with van der Waals surface area (Å²) < 4.78 is 37.8. The topological polar surface area (TPSA) is 69.4 Å². The van der Waals surface area contributed by atoms with Crippen molar-refractivity contribution in [1.82, 2.24) is 4.98 Å². The summed E-state index contributed by atoms with van der Waals surface area (Å²) in [5.41, 5.74) is -0.146. The van der Waals surface area contributed by atoms with Crippen LogP contribution in [-0.4, -0.2) is 23.3 Å². The molecule has 150 valence electrons. The molecule has 0 amide bonds. The maximum Gasteiger partial charge on any atom is 0.306 e. The van der Waals surface area contributed by atoms with E-state index in [2.05, 4.69) is 4.98 Å². The van der Waals surface area contributed by atoms with Crippen LogP contribution in [0.5, 0.6) is 0 Å². The first-order chi connectivity index (χ1) is 13.8. The van der Waals surface area contributed by atoms with Crippen LogP contribution in [0.1, 0.15) is 22.7 Å². The fourth-order valence-corrected chi connectivity index (χ4v) is 3.01. The van der Waals surface area contributed by atoms with Gasteiger partial charge in [0.15, 0.2) is 18.3 Å². The molecule has 1 heterocycles. The molecule has 0 fully saturated rings. The van der Waals surface area contributed by atoms with Gasteiger partial charge in [0, 0.05) is 17.0 Å². The second-order valence-corrected chi connectivity index (χ2v) is 6.77. The van der Waals surface area contributed by atoms with Gasteiger partial charge in [-0.2, -0.15) is 0 Å². The van der Waals surface area contributed by atoms with Crippen LogP contribution in [0.3, 0.4) is 0 Å². The number of aromatic nitrogens is 1. The molecule has 0 atom stereocenters. The molecule has 0 aliphatic carbocycles. The molecule has 2 aromatic carbocycles. The highest BCUT2D eigenvalue weighted by Crippen LogP contribution is 2.27. The van der Waals surface area contributed by atoms with Crippen LogP contribution in [0, 0.1) is 11.6 Å². The largest absolute Gasteiger partial charge is 0.457 e. The monoisotopic (exact) mass is 439 g/mol. The molecular weight excluding hydrogens is 427 g/mol. The minimum atomic E-state index is -0.786. The van der Waals surface area contributed by atoms with Crippen molar-refractivity contribution in [3.63, 3.8) is 0 Å². The van der Waals surface area contributed by atoms with Gasteiger partial charge < -0.3 is 9.15 Å². The summed E-state index contributed by atoms with van der Waals surface area (Å²) in [4.78, 5) is 27.8. The Morgan fingerprint density at radius 3 is 2.52 bits per heavy atom. The minimum absolute atomic E-state index is 0.0325. The van der Waals surface area contributed by atoms with E-state index in [9.17, 15) is 18.4 Å². The highest BCUT2D eigenvalue weighted by atomic mass is 35.5. The number of ketones is 1. The first-order valence-corrected chi connectivity index (χ1v) is 9.13. The molecule has 0 aliphatic heterocycles. The number of rotatable bonds is 7. The average Bonchev–Trinajstić information content (AvgIpc) is 3.13. The molecule has 5 nitrogen and oxygen atoms in total. The molecule has 0 unspecified atom stereocenters. The Bertz CT molecular complexity index is 1050. The Morgan fingerprint density at radius 2 is 1.83 bits per heavy atom. The molecule has 0 saturated carbocycles. The zero-order valence-corrected chi connectivity index (χ0v) is 16.3. The number of benzene rings is 2. The third-order valence-corrected chi connectivity index (χ3v) is 4.45. The predicted octanol–water partition coefficient (Wildman–Crippen LogP) is 5.29. The summed E-state index contributed by atoms with van der Waals surface area (Å²) in [5, 5.41) is 0.537. The van der Waals surface area contributed by atoms with Gasteiger partial charge in [0.25, 0.3) is 0 Å². The Kier molecular flexibility index (Phi) is 6.61. The number of esters is 1. The van der Waals surface area contributed by atoms with Crippen LogP contribution in [0.25, 0.3) is 11.3 Å². The number of Topliss-reactive ketones (excluding diaryl/α,β-unsaturated/α-hetero) is 1. The van der Waals surface area contributed by atoms with E-state index in [4.69, 9.17) is 32.4 Å². The summed E-state index contributed by atoms with van der Waals surface area (Å²) >= 11 is 11.7. The summed E-state index contributed by atoms with van der Waals surface area (Å²) in [6.45, 7) is -0.489. The zero-order valence-electron chi connectivity index (χ0n) is 14.8. The molecule has 0 spiro atoms. The van der Waals surface area contributed by atoms with E-state index in [0.29, 0.717) is 5.02 Å². The number of nitrogens with zero attached hydrogens (tertiary/aromatic N) is 1. The number of carbonyl (C=O) groups is 2. The molecule has 0 N–H and O–H groups in total. The number of aryl methyl sites for hydroxylation is 1. The lowest BCUT2D eigenvalue weighted by atomic mass is 10.1. The van der Waals surface area contributed by atoms with Crippen LogP contribution >= 0.6 is 23.2 Å². The fourth-order valence-electron chi connectivity index (χ4n) is 2.50. The molecule has 3 rings (SSSR count). The summed E-state index contributed by atoms with van der Waals surface area (Å²) in [7, 11) is 0. The maximum absolute atomic E-state index is 13.8. The van der Waals surface area contributed by atoms with E-state index in [1.165, 1.54) is 30.5 Å². The highest BCUT2D eigenvalue weighted by Gasteiger charge is 2.17. The fraction of sp³-hybridized carbons (Fsp3) is 0.150. The molecule has 0 saturated heterocycles. The van der Waals surface area contributed by atoms with E-state index >= 15 is 0 Å². The molecule has 0 bridgehead atoms. The van der Waals surface area contributed by atoms with E-state index in [-0.39, 0.29) is 40.6 Å². The Morgan fingerprint density at radius 1 is 1.10 bits per heavy atom. The van der Waals surface area contributed by atoms with Crippen molar-refractivity contribution in [3.8, 4) is 11.3 Å². The molecule has 0 aliphatic rings. The quantitative estimate of drug-likeness (QED) is 0.369. The molecule has 0 radical (unpaired) electrons. The number of ether oxygens (including phenoxy) is 1. The number of hydrogen-bond acceptors (Lipinski definition) is 5. The van der Waals surface area contributed by atoms with Crippen molar-refractivity contribution in [2.45, 2.75) is 12.8 Å². The van der Waals surface area contributed by atoms with Gasteiger partial charge >= 0.3 is 5.97 Å². The molecule has 3 aromatic rings. The van der Waals surface area contributed by atoms with Gasteiger partial charge in [0.05, 0.1) is 23.2 Å². The number of oxazole rings is 1.